The number of piperidine rings is 1. The van der Waals surface area contributed by atoms with E-state index in [0.29, 0.717) is 24.3 Å². The highest BCUT2D eigenvalue weighted by atomic mass is 19.4. The van der Waals surface area contributed by atoms with Crippen molar-refractivity contribution in [2.45, 2.75) is 82.2 Å². The lowest BCUT2D eigenvalue weighted by Gasteiger charge is -2.41. The second kappa shape index (κ2) is 15.0. The number of alkyl halides is 6. The van der Waals surface area contributed by atoms with Gasteiger partial charge in [-0.1, -0.05) is 25.7 Å². The number of nitrogens with two attached hydrogens (primary N) is 1. The van der Waals surface area contributed by atoms with E-state index in [9.17, 15) is 35.9 Å². The molecule has 236 valence electrons. The quantitative estimate of drug-likeness (QED) is 0.309. The Hall–Kier alpha value is -2.62. The van der Waals surface area contributed by atoms with E-state index >= 15 is 0 Å². The second-order valence-electron chi connectivity index (χ2n) is 10.9. The number of rotatable bonds is 8. The Kier molecular flexibility index (Phi) is 12.7. The number of halogens is 6. The van der Waals surface area contributed by atoms with Gasteiger partial charge in [-0.3, -0.25) is 9.59 Å². The average molecular weight is 605 g/mol. The molecule has 41 heavy (non-hydrogen) atoms. The summed E-state index contributed by atoms with van der Waals surface area (Å²) in [6, 6.07) is -0.309. The molecule has 2 saturated heterocycles. The molecule has 0 aromatic rings. The number of carbonyl (C=O) groups is 4. The summed E-state index contributed by atoms with van der Waals surface area (Å²) in [5, 5.41) is 17.7. The first kappa shape index (κ1) is 34.6. The van der Waals surface area contributed by atoms with E-state index in [1.807, 2.05) is 9.80 Å². The minimum absolute atomic E-state index is 0.0731. The zero-order valence-corrected chi connectivity index (χ0v) is 22.6. The van der Waals surface area contributed by atoms with Crippen LogP contribution < -0.4 is 11.1 Å². The first-order valence-electron chi connectivity index (χ1n) is 13.7. The molecule has 2 amide bonds. The molecule has 2 aliphatic carbocycles. The van der Waals surface area contributed by atoms with Crippen molar-refractivity contribution in [1.82, 2.24) is 15.1 Å². The van der Waals surface area contributed by atoms with Crippen molar-refractivity contribution in [2.24, 2.45) is 23.5 Å². The maximum atomic E-state index is 13.4. The zero-order chi connectivity index (χ0) is 31.0. The number of carboxylic acid groups (broad SMARTS) is 2. The molecule has 2 atom stereocenters. The molecule has 0 aromatic carbocycles. The van der Waals surface area contributed by atoms with Crippen molar-refractivity contribution in [1.29, 1.82) is 0 Å². The van der Waals surface area contributed by atoms with Crippen LogP contribution in [0.15, 0.2) is 0 Å². The standard InChI is InChI=1S/C21H36N4O2.2C2HF3O2/c22-8-5-15-6-10-24(11-7-15)21(27)19(14-17-3-4-17)25-12-9-23-18(20(25)26)13-16-1-2-16;2*3-2(4,5)1(6)7/h15-19,23H,1-14,22H2;2*(H,6,7)/t18-,19-;;/m0../s1. The molecule has 0 aromatic heterocycles. The number of amides is 2. The molecule has 0 spiro atoms. The number of nitrogens with one attached hydrogen (secondary N) is 1. The van der Waals surface area contributed by atoms with Crippen LogP contribution in [0.1, 0.15) is 57.8 Å². The van der Waals surface area contributed by atoms with Crippen molar-refractivity contribution in [3.05, 3.63) is 0 Å². The van der Waals surface area contributed by atoms with Gasteiger partial charge in [0.15, 0.2) is 0 Å². The van der Waals surface area contributed by atoms with E-state index in [0.717, 1.165) is 58.3 Å². The summed E-state index contributed by atoms with van der Waals surface area (Å²) >= 11 is 0. The van der Waals surface area contributed by atoms with Crippen molar-refractivity contribution in [2.75, 3.05) is 32.7 Å². The topological polar surface area (TPSA) is 153 Å². The highest BCUT2D eigenvalue weighted by Gasteiger charge is 2.43. The Balaban J connectivity index is 0.000000349. The van der Waals surface area contributed by atoms with E-state index in [1.165, 1.54) is 25.7 Å². The lowest BCUT2D eigenvalue weighted by Crippen LogP contribution is -2.62. The third kappa shape index (κ3) is 12.0. The van der Waals surface area contributed by atoms with Gasteiger partial charge in [-0.05, 0) is 56.4 Å². The number of hydrogen-bond acceptors (Lipinski definition) is 6. The molecule has 2 aliphatic heterocycles. The van der Waals surface area contributed by atoms with E-state index in [1.54, 1.807) is 0 Å². The van der Waals surface area contributed by atoms with Crippen LogP contribution >= 0.6 is 0 Å². The van der Waals surface area contributed by atoms with Crippen molar-refractivity contribution in [3.8, 4) is 0 Å². The lowest BCUT2D eigenvalue weighted by atomic mass is 9.92. The van der Waals surface area contributed by atoms with Gasteiger partial charge >= 0.3 is 24.3 Å². The third-order valence-corrected chi connectivity index (χ3v) is 7.49. The van der Waals surface area contributed by atoms with Gasteiger partial charge in [-0.15, -0.1) is 0 Å². The summed E-state index contributed by atoms with van der Waals surface area (Å²) in [4.78, 5) is 48.3. The third-order valence-electron chi connectivity index (χ3n) is 7.49. The Morgan fingerprint density at radius 3 is 1.76 bits per heavy atom. The van der Waals surface area contributed by atoms with Crippen LogP contribution in [0.5, 0.6) is 0 Å². The van der Waals surface area contributed by atoms with Crippen molar-refractivity contribution < 1.29 is 55.7 Å². The first-order chi connectivity index (χ1) is 19.0. The molecule has 0 unspecified atom stereocenters. The Bertz CT molecular complexity index is 878. The van der Waals surface area contributed by atoms with Gasteiger partial charge in [-0.2, -0.15) is 26.3 Å². The summed E-state index contributed by atoms with van der Waals surface area (Å²) in [6.07, 6.45) is -0.235. The summed E-state index contributed by atoms with van der Waals surface area (Å²) in [7, 11) is 0. The molecule has 4 rings (SSSR count). The van der Waals surface area contributed by atoms with Crippen LogP contribution in [0, 0.1) is 17.8 Å². The predicted molar refractivity (Wildman–Crippen MR) is 132 cm³/mol. The summed E-state index contributed by atoms with van der Waals surface area (Å²) < 4.78 is 63.5. The molecule has 4 fully saturated rings. The lowest BCUT2D eigenvalue weighted by molar-refractivity contribution is -0.193. The zero-order valence-electron chi connectivity index (χ0n) is 22.6. The number of carboxylic acids is 2. The van der Waals surface area contributed by atoms with Crippen LogP contribution in [-0.2, 0) is 19.2 Å². The van der Waals surface area contributed by atoms with Crippen molar-refractivity contribution >= 4 is 23.8 Å². The van der Waals surface area contributed by atoms with Crippen LogP contribution in [0.4, 0.5) is 26.3 Å². The normalized spacial score (nSPS) is 22.6. The van der Waals surface area contributed by atoms with E-state index in [4.69, 9.17) is 25.5 Å². The monoisotopic (exact) mass is 604 g/mol. The number of likely N-dealkylation sites (tertiary alicyclic amines) is 1. The minimum Gasteiger partial charge on any atom is -0.475 e. The smallest absolute Gasteiger partial charge is 0.475 e. The SMILES string of the molecule is NCCC1CCN(C(=O)[C@H](CC2CC2)N2CCN[C@@H](CC3CC3)C2=O)CC1.O=C(O)C(F)(F)F.O=C(O)C(F)(F)F. The van der Waals surface area contributed by atoms with Gasteiger partial charge in [0.1, 0.15) is 6.04 Å². The highest BCUT2D eigenvalue weighted by molar-refractivity contribution is 5.90. The van der Waals surface area contributed by atoms with Gasteiger partial charge < -0.3 is 31.1 Å². The van der Waals surface area contributed by atoms with Gasteiger partial charge in [0, 0.05) is 26.2 Å². The molecule has 2 saturated carbocycles. The van der Waals surface area contributed by atoms with Crippen LogP contribution in [-0.4, -0.2) is 101 Å². The Morgan fingerprint density at radius 1 is 0.854 bits per heavy atom. The average Bonchev–Trinajstić information content (AvgIpc) is 3.81. The highest BCUT2D eigenvalue weighted by Crippen LogP contribution is 2.37. The van der Waals surface area contributed by atoms with Gasteiger partial charge in [0.25, 0.3) is 0 Å². The van der Waals surface area contributed by atoms with Gasteiger partial charge in [0.05, 0.1) is 6.04 Å². The summed E-state index contributed by atoms with van der Waals surface area (Å²) in [5.41, 5.74) is 5.70. The maximum Gasteiger partial charge on any atom is 0.490 e. The molecule has 0 radical (unpaired) electrons. The molecule has 2 heterocycles. The van der Waals surface area contributed by atoms with Gasteiger partial charge in [0.2, 0.25) is 11.8 Å². The van der Waals surface area contributed by atoms with E-state index in [-0.39, 0.29) is 23.9 Å². The van der Waals surface area contributed by atoms with Crippen molar-refractivity contribution in [3.63, 3.8) is 0 Å². The number of nitrogens with zero attached hydrogens (tertiary/aromatic N) is 2. The fourth-order valence-corrected chi connectivity index (χ4v) is 4.86. The Labute approximate surface area is 233 Å². The van der Waals surface area contributed by atoms with E-state index in [2.05, 4.69) is 5.32 Å². The number of aliphatic carboxylic acids is 2. The summed E-state index contributed by atoms with van der Waals surface area (Å²) in [5.74, 6) is -3.13. The molecule has 5 N–H and O–H groups in total. The molecular formula is C25H38F6N4O6. The Morgan fingerprint density at radius 2 is 1.34 bits per heavy atom. The molecule has 10 nitrogen and oxygen atoms in total. The maximum absolute atomic E-state index is 13.4. The molecule has 4 aliphatic rings. The number of hydrogen-bond donors (Lipinski definition) is 4. The predicted octanol–water partition coefficient (Wildman–Crippen LogP) is 2.61. The largest absolute Gasteiger partial charge is 0.490 e. The van der Waals surface area contributed by atoms with Crippen LogP contribution in [0.25, 0.3) is 0 Å². The van der Waals surface area contributed by atoms with Crippen LogP contribution in [0.2, 0.25) is 0 Å². The molecule has 16 heteroatoms. The van der Waals surface area contributed by atoms with Crippen LogP contribution in [0.3, 0.4) is 0 Å². The molecule has 0 bridgehead atoms. The fraction of sp³-hybridized carbons (Fsp3) is 0.840. The second-order valence-corrected chi connectivity index (χ2v) is 10.9. The van der Waals surface area contributed by atoms with E-state index < -0.39 is 24.3 Å². The fourth-order valence-electron chi connectivity index (χ4n) is 4.86. The number of piperazine rings is 1. The summed E-state index contributed by atoms with van der Waals surface area (Å²) in [6.45, 7) is 3.89. The molecular weight excluding hydrogens is 566 g/mol. The first-order valence-corrected chi connectivity index (χ1v) is 13.7. The van der Waals surface area contributed by atoms with Gasteiger partial charge in [-0.25, -0.2) is 9.59 Å². The minimum atomic E-state index is -5.08. The number of carbonyl (C=O) groups excluding carboxylic acids is 2.